The van der Waals surface area contributed by atoms with Crippen LogP contribution in [0.4, 0.5) is 5.82 Å². The number of anilines is 1. The van der Waals surface area contributed by atoms with Gasteiger partial charge in [-0.05, 0) is 38.7 Å². The molecule has 0 radical (unpaired) electrons. The second kappa shape index (κ2) is 8.10. The minimum Gasteiger partial charge on any atom is -0.392 e. The first-order valence-electron chi connectivity index (χ1n) is 10.5. The maximum atomic E-state index is 12.8. The molecular weight excluding hydrogens is 368 g/mol. The normalized spacial score (nSPS) is 24.9. The number of rotatable bonds is 4. The highest BCUT2D eigenvalue weighted by molar-refractivity contribution is 5.76. The lowest BCUT2D eigenvalue weighted by atomic mass is 9.71. The second-order valence-electron chi connectivity index (χ2n) is 8.33. The Morgan fingerprint density at radius 2 is 2.21 bits per heavy atom. The van der Waals surface area contributed by atoms with Crippen LogP contribution < -0.4 is 4.90 Å². The topological polar surface area (TPSA) is 87.4 Å². The Balaban J connectivity index is 1.54. The molecule has 2 aromatic heterocycles. The molecule has 4 rings (SSSR count). The molecule has 1 N–H and O–H groups in total. The molecule has 2 atom stereocenters. The number of aromatic nitrogens is 4. The fourth-order valence-corrected chi connectivity index (χ4v) is 4.74. The second-order valence-corrected chi connectivity index (χ2v) is 8.33. The number of carbonyl (C=O) groups is 1. The number of amides is 1. The Kier molecular flexibility index (Phi) is 5.54. The number of aliphatic hydroxyl groups excluding tert-OH is 1. The predicted octanol–water partition coefficient (Wildman–Crippen LogP) is 1.42. The van der Waals surface area contributed by atoms with Crippen LogP contribution in [0.1, 0.15) is 37.6 Å². The van der Waals surface area contributed by atoms with Crippen molar-refractivity contribution in [2.75, 3.05) is 31.1 Å². The minimum absolute atomic E-state index is 0.0595. The van der Waals surface area contributed by atoms with Gasteiger partial charge in [0.15, 0.2) is 0 Å². The van der Waals surface area contributed by atoms with Crippen LogP contribution in [0.25, 0.3) is 0 Å². The number of nitrogens with zero attached hydrogens (tertiary/aromatic N) is 6. The average Bonchev–Trinajstić information content (AvgIpc) is 3.23. The summed E-state index contributed by atoms with van der Waals surface area (Å²) in [5.74, 6) is 1.80. The third-order valence-corrected chi connectivity index (χ3v) is 6.35. The quantitative estimate of drug-likeness (QED) is 0.838. The summed E-state index contributed by atoms with van der Waals surface area (Å²) in [7, 11) is 0. The fraction of sp³-hybridized carbons (Fsp3) is 0.619. The van der Waals surface area contributed by atoms with Crippen molar-refractivity contribution in [3.05, 3.63) is 36.0 Å². The van der Waals surface area contributed by atoms with Gasteiger partial charge in [0.2, 0.25) is 5.91 Å². The van der Waals surface area contributed by atoms with Crippen molar-refractivity contribution >= 4 is 11.7 Å². The Bertz CT molecular complexity index is 855. The molecule has 1 amide bonds. The summed E-state index contributed by atoms with van der Waals surface area (Å²) < 4.78 is 1.66. The van der Waals surface area contributed by atoms with Crippen molar-refractivity contribution in [3.8, 4) is 0 Å². The van der Waals surface area contributed by atoms with E-state index < -0.39 is 6.10 Å². The van der Waals surface area contributed by atoms with Crippen LogP contribution in [0.15, 0.2) is 24.7 Å². The van der Waals surface area contributed by atoms with Gasteiger partial charge in [0.05, 0.1) is 6.10 Å². The molecule has 4 heterocycles. The number of hydrogen-bond donors (Lipinski definition) is 1. The zero-order chi connectivity index (χ0) is 20.4. The summed E-state index contributed by atoms with van der Waals surface area (Å²) in [4.78, 5) is 26.1. The first-order valence-corrected chi connectivity index (χ1v) is 10.5. The van der Waals surface area contributed by atoms with E-state index in [1.807, 2.05) is 24.1 Å². The molecule has 0 aromatic carbocycles. The number of carbonyl (C=O) groups excluding carboxylic acids is 1. The van der Waals surface area contributed by atoms with Gasteiger partial charge in [-0.2, -0.15) is 5.10 Å². The summed E-state index contributed by atoms with van der Waals surface area (Å²) in [6.07, 6.45) is 8.37. The fourth-order valence-electron chi connectivity index (χ4n) is 4.74. The zero-order valence-electron chi connectivity index (χ0n) is 17.3. The van der Waals surface area contributed by atoms with E-state index in [-0.39, 0.29) is 17.9 Å². The van der Waals surface area contributed by atoms with Crippen molar-refractivity contribution in [2.45, 2.75) is 52.2 Å². The molecule has 0 aliphatic carbocycles. The van der Waals surface area contributed by atoms with Crippen LogP contribution in [-0.2, 0) is 17.8 Å². The van der Waals surface area contributed by atoms with Gasteiger partial charge in [-0.15, -0.1) is 0 Å². The molecule has 1 spiro atoms. The molecule has 29 heavy (non-hydrogen) atoms. The van der Waals surface area contributed by atoms with Crippen molar-refractivity contribution in [1.29, 1.82) is 0 Å². The van der Waals surface area contributed by atoms with Crippen LogP contribution in [0.2, 0.25) is 0 Å². The molecule has 8 heteroatoms. The van der Waals surface area contributed by atoms with E-state index >= 15 is 0 Å². The molecule has 0 bridgehead atoms. The van der Waals surface area contributed by atoms with Gasteiger partial charge in [0.25, 0.3) is 0 Å². The number of likely N-dealkylation sites (tertiary alicyclic amines) is 1. The van der Waals surface area contributed by atoms with Crippen molar-refractivity contribution in [2.24, 2.45) is 5.41 Å². The number of hydrogen-bond acceptors (Lipinski definition) is 6. The highest BCUT2D eigenvalue weighted by atomic mass is 16.3. The van der Waals surface area contributed by atoms with E-state index in [0.717, 1.165) is 49.6 Å². The molecule has 0 unspecified atom stereocenters. The number of aliphatic hydroxyl groups is 1. The van der Waals surface area contributed by atoms with E-state index in [1.54, 1.807) is 17.1 Å². The minimum atomic E-state index is -0.410. The third kappa shape index (κ3) is 3.99. The summed E-state index contributed by atoms with van der Waals surface area (Å²) in [6, 6.07) is 1.82. The lowest BCUT2D eigenvalue weighted by molar-refractivity contribution is -0.138. The average molecular weight is 399 g/mol. The van der Waals surface area contributed by atoms with Crippen LogP contribution in [0.5, 0.6) is 0 Å². The van der Waals surface area contributed by atoms with Crippen LogP contribution in [0.3, 0.4) is 0 Å². The summed E-state index contributed by atoms with van der Waals surface area (Å²) in [6.45, 7) is 7.07. The van der Waals surface area contributed by atoms with Gasteiger partial charge in [-0.3, -0.25) is 9.48 Å². The van der Waals surface area contributed by atoms with E-state index in [9.17, 15) is 9.90 Å². The maximum absolute atomic E-state index is 12.8. The molecule has 2 aliphatic heterocycles. The third-order valence-electron chi connectivity index (χ3n) is 6.35. The van der Waals surface area contributed by atoms with Gasteiger partial charge in [0, 0.05) is 55.7 Å². The number of piperidine rings is 2. The molecular formula is C21H30N6O2. The molecule has 156 valence electrons. The van der Waals surface area contributed by atoms with Gasteiger partial charge in [0.1, 0.15) is 18.2 Å². The van der Waals surface area contributed by atoms with Gasteiger partial charge in [-0.1, -0.05) is 6.92 Å². The molecule has 2 saturated heterocycles. The SMILES string of the molecule is CCc1cnc(C)nc1N1CC[C@@H](O)[C@]2(CCCN(C(=O)Cn3cccn3)C2)C1. The maximum Gasteiger partial charge on any atom is 0.244 e. The predicted molar refractivity (Wildman–Crippen MR) is 109 cm³/mol. The highest BCUT2D eigenvalue weighted by Crippen LogP contribution is 2.40. The molecule has 2 aromatic rings. The van der Waals surface area contributed by atoms with E-state index in [2.05, 4.69) is 21.9 Å². The first kappa shape index (κ1) is 19.8. The van der Waals surface area contributed by atoms with Gasteiger partial charge in [-0.25, -0.2) is 9.97 Å². The van der Waals surface area contributed by atoms with E-state index in [0.29, 0.717) is 19.5 Å². The summed E-state index contributed by atoms with van der Waals surface area (Å²) in [5, 5.41) is 15.1. The summed E-state index contributed by atoms with van der Waals surface area (Å²) >= 11 is 0. The molecule has 0 saturated carbocycles. The van der Waals surface area contributed by atoms with Crippen LogP contribution in [0, 0.1) is 12.3 Å². The smallest absolute Gasteiger partial charge is 0.244 e. The van der Waals surface area contributed by atoms with Gasteiger partial charge < -0.3 is 14.9 Å². The van der Waals surface area contributed by atoms with Crippen molar-refractivity contribution < 1.29 is 9.90 Å². The van der Waals surface area contributed by atoms with Crippen molar-refractivity contribution in [1.82, 2.24) is 24.6 Å². The number of aryl methyl sites for hydroxylation is 2. The lowest BCUT2D eigenvalue weighted by Gasteiger charge is -2.51. The van der Waals surface area contributed by atoms with Gasteiger partial charge >= 0.3 is 0 Å². The molecule has 2 aliphatic rings. The summed E-state index contributed by atoms with van der Waals surface area (Å²) in [5.41, 5.74) is 0.810. The monoisotopic (exact) mass is 398 g/mol. The van der Waals surface area contributed by atoms with E-state index in [1.165, 1.54) is 0 Å². The van der Waals surface area contributed by atoms with E-state index in [4.69, 9.17) is 4.98 Å². The van der Waals surface area contributed by atoms with Crippen LogP contribution >= 0.6 is 0 Å². The zero-order valence-corrected chi connectivity index (χ0v) is 17.3. The highest BCUT2D eigenvalue weighted by Gasteiger charge is 2.46. The molecule has 8 nitrogen and oxygen atoms in total. The van der Waals surface area contributed by atoms with Crippen molar-refractivity contribution in [3.63, 3.8) is 0 Å². The first-order chi connectivity index (χ1) is 14.0. The lowest BCUT2D eigenvalue weighted by Crippen LogP contribution is -2.60. The molecule has 2 fully saturated rings. The largest absolute Gasteiger partial charge is 0.392 e. The Morgan fingerprint density at radius 1 is 1.34 bits per heavy atom. The standard InChI is InChI=1S/C21H30N6O2/c1-3-17-12-22-16(2)24-20(17)26-11-6-18(28)21(15-26)7-4-9-25(14-21)19(29)13-27-10-5-8-23-27/h5,8,10,12,18,28H,3-4,6-7,9,11,13-15H2,1-2H3/t18-,21+/m1/s1. The Hall–Kier alpha value is -2.48. The van der Waals surface area contributed by atoms with Crippen LogP contribution in [-0.4, -0.2) is 67.9 Å². The Morgan fingerprint density at radius 3 is 2.97 bits per heavy atom. The Labute approximate surface area is 171 Å².